The van der Waals surface area contributed by atoms with Gasteiger partial charge in [0, 0.05) is 37.1 Å². The zero-order valence-corrected chi connectivity index (χ0v) is 26.2. The minimum absolute atomic E-state index is 0.0733. The second-order valence-corrected chi connectivity index (χ2v) is 14.2. The van der Waals surface area contributed by atoms with E-state index in [1.165, 1.54) is 51.4 Å². The minimum Gasteiger partial charge on any atom is -0.481 e. The molecule has 2 aliphatic carbocycles. The van der Waals surface area contributed by atoms with Crippen LogP contribution < -0.4 is 5.56 Å². The first-order valence-corrected chi connectivity index (χ1v) is 16.6. The number of carboxylic acids is 1. The van der Waals surface area contributed by atoms with E-state index in [-0.39, 0.29) is 30.1 Å². The average molecular weight is 592 g/mol. The van der Waals surface area contributed by atoms with E-state index in [1.807, 2.05) is 47.8 Å². The number of oxime groups is 1. The second kappa shape index (κ2) is 13.1. The van der Waals surface area contributed by atoms with Crippen molar-refractivity contribution in [3.05, 3.63) is 40.3 Å². The van der Waals surface area contributed by atoms with Gasteiger partial charge in [-0.2, -0.15) is 0 Å². The molecule has 4 bridgehead atoms. The highest BCUT2D eigenvalue weighted by molar-refractivity contribution is 6.00. The van der Waals surface area contributed by atoms with Gasteiger partial charge in [-0.25, -0.2) is 4.98 Å². The number of carbonyl (C=O) groups is 1. The minimum atomic E-state index is -0.941. The van der Waals surface area contributed by atoms with E-state index in [0.717, 1.165) is 41.6 Å². The molecule has 2 aliphatic heterocycles. The number of fused-ring (bicyclic) bond motifs is 5. The summed E-state index contributed by atoms with van der Waals surface area (Å²) in [5.74, 6) is 1.69. The van der Waals surface area contributed by atoms with Gasteiger partial charge in [-0.15, -0.1) is 0 Å². The van der Waals surface area contributed by atoms with Crippen LogP contribution in [0.4, 0.5) is 0 Å². The van der Waals surface area contributed by atoms with Crippen molar-refractivity contribution in [2.75, 3.05) is 27.2 Å². The number of hydrogen-bond donors (Lipinski definition) is 1. The molecule has 0 spiro atoms. The molecule has 3 unspecified atom stereocenters. The molecule has 0 radical (unpaired) electrons. The van der Waals surface area contributed by atoms with Gasteiger partial charge in [-0.05, 0) is 102 Å². The molecular weight excluding hydrogens is 542 g/mol. The lowest BCUT2D eigenvalue weighted by molar-refractivity contribution is -0.136. The second-order valence-electron chi connectivity index (χ2n) is 14.2. The van der Waals surface area contributed by atoms with E-state index in [0.29, 0.717) is 37.0 Å². The molecular formula is C34H49N5O4. The highest BCUT2D eigenvalue weighted by Gasteiger charge is 2.46. The average Bonchev–Trinajstić information content (AvgIpc) is 2.95. The molecule has 234 valence electrons. The van der Waals surface area contributed by atoms with Crippen molar-refractivity contribution in [2.45, 2.75) is 108 Å². The molecule has 3 heterocycles. The number of nitrogens with zero attached hydrogens (tertiary/aromatic N) is 5. The summed E-state index contributed by atoms with van der Waals surface area (Å²) in [6.07, 6.45) is 12.4. The van der Waals surface area contributed by atoms with Gasteiger partial charge >= 0.3 is 5.97 Å². The third-order valence-corrected chi connectivity index (χ3v) is 10.6. The molecule has 1 aromatic carbocycles. The van der Waals surface area contributed by atoms with Crippen LogP contribution in [-0.2, 0) is 9.63 Å². The Morgan fingerprint density at radius 3 is 2.35 bits per heavy atom. The molecule has 2 saturated carbocycles. The molecule has 1 N–H and O–H groups in total. The molecule has 4 fully saturated rings. The van der Waals surface area contributed by atoms with Crippen molar-refractivity contribution < 1.29 is 14.7 Å². The van der Waals surface area contributed by atoms with E-state index in [1.54, 1.807) is 0 Å². The first kappa shape index (κ1) is 30.3. The maximum Gasteiger partial charge on any atom is 0.303 e. The predicted octanol–water partition coefficient (Wildman–Crippen LogP) is 5.32. The monoisotopic (exact) mass is 591 g/mol. The SMILES string of the molecule is CC1CC2CC(C1)CC(N1[C@@H]3CCC[C@H]1CC(n1c(=O)c(/C(CCC(=O)O)=N/OCCN(C)C)nc4ccccc41)C3)C2. The van der Waals surface area contributed by atoms with Gasteiger partial charge in [0.1, 0.15) is 12.3 Å². The van der Waals surface area contributed by atoms with Gasteiger partial charge in [-0.3, -0.25) is 14.5 Å². The highest BCUT2D eigenvalue weighted by atomic mass is 16.6. The van der Waals surface area contributed by atoms with Crippen molar-refractivity contribution in [1.29, 1.82) is 0 Å². The maximum absolute atomic E-state index is 14.4. The third kappa shape index (κ3) is 6.68. The molecule has 1 aromatic heterocycles. The Labute approximate surface area is 255 Å². The molecule has 9 heteroatoms. The van der Waals surface area contributed by atoms with Crippen LogP contribution in [0.3, 0.4) is 0 Å². The van der Waals surface area contributed by atoms with E-state index >= 15 is 0 Å². The van der Waals surface area contributed by atoms with Crippen molar-refractivity contribution >= 4 is 22.7 Å². The largest absolute Gasteiger partial charge is 0.481 e. The third-order valence-electron chi connectivity index (χ3n) is 10.6. The Morgan fingerprint density at radius 1 is 0.977 bits per heavy atom. The first-order chi connectivity index (χ1) is 20.8. The van der Waals surface area contributed by atoms with E-state index in [2.05, 4.69) is 17.0 Å². The van der Waals surface area contributed by atoms with E-state index in [9.17, 15) is 14.7 Å². The Morgan fingerprint density at radius 2 is 1.67 bits per heavy atom. The summed E-state index contributed by atoms with van der Waals surface area (Å²) >= 11 is 0. The highest BCUT2D eigenvalue weighted by Crippen LogP contribution is 2.48. The Balaban J connectivity index is 1.31. The van der Waals surface area contributed by atoms with Crippen LogP contribution in [0.2, 0.25) is 0 Å². The van der Waals surface area contributed by atoms with Crippen LogP contribution in [-0.4, -0.2) is 81.5 Å². The van der Waals surface area contributed by atoms with E-state index in [4.69, 9.17) is 9.82 Å². The van der Waals surface area contributed by atoms with Gasteiger partial charge in [-0.1, -0.05) is 30.6 Å². The number of rotatable bonds is 10. The van der Waals surface area contributed by atoms with Crippen molar-refractivity contribution in [2.24, 2.45) is 22.9 Å². The lowest BCUT2D eigenvalue weighted by Gasteiger charge is -2.55. The number of aromatic nitrogens is 2. The quantitative estimate of drug-likeness (QED) is 0.227. The lowest BCUT2D eigenvalue weighted by Crippen LogP contribution is -2.59. The number of benzene rings is 1. The van der Waals surface area contributed by atoms with Gasteiger partial charge in [0.2, 0.25) is 0 Å². The number of hydrogen-bond acceptors (Lipinski definition) is 7. The van der Waals surface area contributed by atoms with Gasteiger partial charge in [0.25, 0.3) is 5.56 Å². The molecule has 5 atom stereocenters. The molecule has 0 amide bonds. The van der Waals surface area contributed by atoms with Crippen molar-refractivity contribution in [1.82, 2.24) is 19.4 Å². The summed E-state index contributed by atoms with van der Waals surface area (Å²) in [5.41, 5.74) is 1.92. The summed E-state index contributed by atoms with van der Waals surface area (Å²) in [7, 11) is 3.89. The maximum atomic E-state index is 14.4. The predicted molar refractivity (Wildman–Crippen MR) is 168 cm³/mol. The summed E-state index contributed by atoms with van der Waals surface area (Å²) in [6.45, 7) is 3.45. The first-order valence-electron chi connectivity index (χ1n) is 16.6. The molecule has 6 rings (SSSR count). The van der Waals surface area contributed by atoms with E-state index < -0.39 is 5.97 Å². The summed E-state index contributed by atoms with van der Waals surface area (Å²) in [5, 5.41) is 13.7. The van der Waals surface area contributed by atoms with Crippen LogP contribution in [0.25, 0.3) is 11.0 Å². The number of para-hydroxylation sites is 2. The van der Waals surface area contributed by atoms with Crippen LogP contribution in [0.5, 0.6) is 0 Å². The summed E-state index contributed by atoms with van der Waals surface area (Å²) in [6, 6.07) is 9.60. The van der Waals surface area contributed by atoms with Crippen LogP contribution in [0, 0.1) is 17.8 Å². The summed E-state index contributed by atoms with van der Waals surface area (Å²) in [4.78, 5) is 41.1. The number of piperidine rings is 2. The van der Waals surface area contributed by atoms with Crippen LogP contribution in [0.1, 0.15) is 95.7 Å². The molecule has 9 nitrogen and oxygen atoms in total. The number of carboxylic acid groups (broad SMARTS) is 1. The summed E-state index contributed by atoms with van der Waals surface area (Å²) < 4.78 is 1.98. The van der Waals surface area contributed by atoms with Crippen molar-refractivity contribution in [3.8, 4) is 0 Å². The number of aliphatic carboxylic acids is 1. The van der Waals surface area contributed by atoms with Gasteiger partial charge in [0.15, 0.2) is 5.69 Å². The fraction of sp³-hybridized carbons (Fsp3) is 0.706. The fourth-order valence-electron chi connectivity index (χ4n) is 9.07. The van der Waals surface area contributed by atoms with Gasteiger partial charge < -0.3 is 19.4 Å². The Kier molecular flexibility index (Phi) is 9.19. The fourth-order valence-corrected chi connectivity index (χ4v) is 9.07. The lowest BCUT2D eigenvalue weighted by atomic mass is 9.65. The zero-order valence-electron chi connectivity index (χ0n) is 26.2. The normalized spacial score (nSPS) is 31.3. The topological polar surface area (TPSA) is 100 Å². The van der Waals surface area contributed by atoms with Crippen LogP contribution >= 0.6 is 0 Å². The molecule has 4 aliphatic rings. The zero-order chi connectivity index (χ0) is 30.1. The number of likely N-dealkylation sites (N-methyl/N-ethyl adjacent to an activating group) is 1. The Bertz CT molecular complexity index is 1360. The standard InChI is InChI=1S/C34H49N5O4/c1-22-15-23-17-24(16-22)19-27(18-23)38-25-7-6-8-26(38)21-28(20-25)39-31-10-5-4-9-29(31)35-33(34(39)42)30(11-12-32(40)41)36-43-14-13-37(2)3/h4-5,9-10,22-28H,6-8,11-21H2,1-3H3,(H,40,41)/b36-30+/t22?,23?,24?,25-,26+,27?,28?. The molecule has 2 aromatic rings. The molecule has 2 saturated heterocycles. The van der Waals surface area contributed by atoms with Crippen molar-refractivity contribution in [3.63, 3.8) is 0 Å². The molecule has 43 heavy (non-hydrogen) atoms. The van der Waals surface area contributed by atoms with Gasteiger partial charge in [0.05, 0.1) is 17.5 Å². The van der Waals surface area contributed by atoms with Crippen LogP contribution in [0.15, 0.2) is 34.2 Å². The smallest absolute Gasteiger partial charge is 0.303 e. The Hall–Kier alpha value is -2.78.